The third-order valence-corrected chi connectivity index (χ3v) is 3.70. The van der Waals surface area contributed by atoms with E-state index in [-0.39, 0.29) is 5.41 Å². The van der Waals surface area contributed by atoms with Crippen molar-refractivity contribution in [3.8, 4) is 0 Å². The van der Waals surface area contributed by atoms with Crippen molar-refractivity contribution in [1.82, 2.24) is 10.1 Å². The lowest BCUT2D eigenvalue weighted by Gasteiger charge is -2.34. The highest BCUT2D eigenvalue weighted by Gasteiger charge is 2.32. The second-order valence-corrected chi connectivity index (χ2v) is 4.90. The first-order valence-electron chi connectivity index (χ1n) is 6.29. The lowest BCUT2D eigenvalue weighted by atomic mass is 9.72. The maximum atomic E-state index is 5.94. The fourth-order valence-electron chi connectivity index (χ4n) is 2.58. The zero-order valence-electron chi connectivity index (χ0n) is 10.0. The van der Waals surface area contributed by atoms with E-state index in [0.717, 1.165) is 31.1 Å². The summed E-state index contributed by atoms with van der Waals surface area (Å²) in [6, 6.07) is 0. The molecule has 0 bridgehead atoms. The SMILES string of the molecule is CCc1noc(CC2(CN)CCCCC2)n1. The van der Waals surface area contributed by atoms with Crippen LogP contribution in [0.3, 0.4) is 0 Å². The van der Waals surface area contributed by atoms with Gasteiger partial charge in [-0.15, -0.1) is 0 Å². The molecule has 0 spiro atoms. The molecule has 4 heteroatoms. The first-order chi connectivity index (χ1) is 7.78. The lowest BCUT2D eigenvalue weighted by molar-refractivity contribution is 0.177. The highest BCUT2D eigenvalue weighted by molar-refractivity contribution is 4.94. The van der Waals surface area contributed by atoms with Crippen molar-refractivity contribution < 1.29 is 4.52 Å². The molecule has 0 unspecified atom stereocenters. The molecule has 1 aliphatic rings. The van der Waals surface area contributed by atoms with Gasteiger partial charge in [-0.2, -0.15) is 4.98 Å². The van der Waals surface area contributed by atoms with Crippen molar-refractivity contribution in [3.05, 3.63) is 11.7 Å². The van der Waals surface area contributed by atoms with Crippen molar-refractivity contribution >= 4 is 0 Å². The summed E-state index contributed by atoms with van der Waals surface area (Å²) in [6.45, 7) is 2.77. The molecule has 0 aliphatic heterocycles. The predicted octanol–water partition coefficient (Wildman–Crippen LogP) is 2.08. The van der Waals surface area contributed by atoms with Gasteiger partial charge < -0.3 is 10.3 Å². The molecular formula is C12H21N3O. The van der Waals surface area contributed by atoms with E-state index in [4.69, 9.17) is 10.3 Å². The second kappa shape index (κ2) is 4.95. The maximum Gasteiger partial charge on any atom is 0.227 e. The van der Waals surface area contributed by atoms with Gasteiger partial charge in [-0.25, -0.2) is 0 Å². The summed E-state index contributed by atoms with van der Waals surface area (Å²) in [5.74, 6) is 1.57. The van der Waals surface area contributed by atoms with Gasteiger partial charge in [0.15, 0.2) is 5.82 Å². The van der Waals surface area contributed by atoms with E-state index in [9.17, 15) is 0 Å². The van der Waals surface area contributed by atoms with E-state index in [2.05, 4.69) is 10.1 Å². The summed E-state index contributed by atoms with van der Waals surface area (Å²) >= 11 is 0. The Morgan fingerprint density at radius 1 is 1.31 bits per heavy atom. The van der Waals surface area contributed by atoms with Crippen LogP contribution in [0.15, 0.2) is 4.52 Å². The fraction of sp³-hybridized carbons (Fsp3) is 0.833. The second-order valence-electron chi connectivity index (χ2n) is 4.90. The molecule has 4 nitrogen and oxygen atoms in total. The Kier molecular flexibility index (Phi) is 3.59. The lowest BCUT2D eigenvalue weighted by Crippen LogP contribution is -2.35. The minimum atomic E-state index is 0.218. The van der Waals surface area contributed by atoms with Crippen LogP contribution in [0.2, 0.25) is 0 Å². The van der Waals surface area contributed by atoms with Crippen molar-refractivity contribution in [1.29, 1.82) is 0 Å². The summed E-state index contributed by atoms with van der Waals surface area (Å²) in [5.41, 5.74) is 6.15. The average Bonchev–Trinajstić information content (AvgIpc) is 2.78. The molecular weight excluding hydrogens is 202 g/mol. The highest BCUT2D eigenvalue weighted by Crippen LogP contribution is 2.37. The number of nitrogens with zero attached hydrogens (tertiary/aromatic N) is 2. The van der Waals surface area contributed by atoms with E-state index in [1.54, 1.807) is 0 Å². The molecule has 0 radical (unpaired) electrons. The van der Waals surface area contributed by atoms with Gasteiger partial charge in [0, 0.05) is 12.8 Å². The van der Waals surface area contributed by atoms with Gasteiger partial charge in [0.1, 0.15) is 0 Å². The van der Waals surface area contributed by atoms with Gasteiger partial charge in [-0.3, -0.25) is 0 Å². The van der Waals surface area contributed by atoms with Crippen LogP contribution in [0.5, 0.6) is 0 Å². The van der Waals surface area contributed by atoms with Gasteiger partial charge in [0.05, 0.1) is 0 Å². The first kappa shape index (κ1) is 11.6. The standard InChI is InChI=1S/C12H21N3O/c1-2-10-14-11(16-15-10)8-12(9-13)6-4-3-5-7-12/h2-9,13H2,1H3. The molecule has 1 aromatic heterocycles. The Hall–Kier alpha value is -0.900. The molecule has 1 fully saturated rings. The smallest absolute Gasteiger partial charge is 0.227 e. The molecule has 0 amide bonds. The van der Waals surface area contributed by atoms with Crippen LogP contribution < -0.4 is 5.73 Å². The molecule has 1 aliphatic carbocycles. The van der Waals surface area contributed by atoms with E-state index in [1.807, 2.05) is 6.92 Å². The van der Waals surface area contributed by atoms with Crippen LogP contribution in [0, 0.1) is 5.41 Å². The van der Waals surface area contributed by atoms with Crippen molar-refractivity contribution in [2.75, 3.05) is 6.54 Å². The van der Waals surface area contributed by atoms with Crippen LogP contribution in [0.1, 0.15) is 50.7 Å². The van der Waals surface area contributed by atoms with Crippen LogP contribution in [-0.2, 0) is 12.8 Å². The Labute approximate surface area is 96.6 Å². The number of hydrogen-bond donors (Lipinski definition) is 1. The Balaban J connectivity index is 2.05. The molecule has 0 saturated heterocycles. The van der Waals surface area contributed by atoms with E-state index in [1.165, 1.54) is 32.1 Å². The van der Waals surface area contributed by atoms with Gasteiger partial charge in [0.25, 0.3) is 0 Å². The van der Waals surface area contributed by atoms with E-state index in [0.29, 0.717) is 0 Å². The minimum absolute atomic E-state index is 0.218. The van der Waals surface area contributed by atoms with E-state index < -0.39 is 0 Å². The Morgan fingerprint density at radius 3 is 2.62 bits per heavy atom. The quantitative estimate of drug-likeness (QED) is 0.848. The molecule has 2 N–H and O–H groups in total. The van der Waals surface area contributed by atoms with Crippen molar-refractivity contribution in [2.45, 2.75) is 51.9 Å². The molecule has 1 saturated carbocycles. The normalized spacial score (nSPS) is 19.9. The Morgan fingerprint density at radius 2 is 2.06 bits per heavy atom. The summed E-state index contributed by atoms with van der Waals surface area (Å²) in [5, 5.41) is 3.94. The monoisotopic (exact) mass is 223 g/mol. The minimum Gasteiger partial charge on any atom is -0.339 e. The van der Waals surface area contributed by atoms with E-state index >= 15 is 0 Å². The molecule has 16 heavy (non-hydrogen) atoms. The number of nitrogens with two attached hydrogens (primary N) is 1. The number of aryl methyl sites for hydroxylation is 1. The molecule has 0 atom stereocenters. The topological polar surface area (TPSA) is 64.9 Å². The molecule has 0 aromatic carbocycles. The van der Waals surface area contributed by atoms with Crippen LogP contribution in [0.25, 0.3) is 0 Å². The van der Waals surface area contributed by atoms with Gasteiger partial charge in [-0.05, 0) is 24.8 Å². The summed E-state index contributed by atoms with van der Waals surface area (Å²) < 4.78 is 5.27. The maximum absolute atomic E-state index is 5.94. The summed E-state index contributed by atoms with van der Waals surface area (Å²) in [7, 11) is 0. The molecule has 1 aromatic rings. The highest BCUT2D eigenvalue weighted by atomic mass is 16.5. The van der Waals surface area contributed by atoms with Crippen LogP contribution >= 0.6 is 0 Å². The molecule has 90 valence electrons. The number of hydrogen-bond acceptors (Lipinski definition) is 4. The Bertz CT molecular complexity index is 329. The van der Waals surface area contributed by atoms with Crippen molar-refractivity contribution in [2.24, 2.45) is 11.1 Å². The molecule has 2 rings (SSSR count). The van der Waals surface area contributed by atoms with Crippen LogP contribution in [-0.4, -0.2) is 16.7 Å². The third kappa shape index (κ3) is 2.43. The largest absolute Gasteiger partial charge is 0.339 e. The number of aromatic nitrogens is 2. The van der Waals surface area contributed by atoms with Gasteiger partial charge >= 0.3 is 0 Å². The summed E-state index contributed by atoms with van der Waals surface area (Å²) in [4.78, 5) is 4.38. The first-order valence-corrected chi connectivity index (χ1v) is 6.29. The third-order valence-electron chi connectivity index (χ3n) is 3.70. The summed E-state index contributed by atoms with van der Waals surface area (Å²) in [6.07, 6.45) is 8.00. The number of rotatable bonds is 4. The van der Waals surface area contributed by atoms with Gasteiger partial charge in [0.2, 0.25) is 5.89 Å². The zero-order chi connectivity index (χ0) is 11.4. The zero-order valence-corrected chi connectivity index (χ0v) is 10.0. The fourth-order valence-corrected chi connectivity index (χ4v) is 2.58. The van der Waals surface area contributed by atoms with Crippen LogP contribution in [0.4, 0.5) is 0 Å². The van der Waals surface area contributed by atoms with Gasteiger partial charge in [-0.1, -0.05) is 31.3 Å². The van der Waals surface area contributed by atoms with Crippen molar-refractivity contribution in [3.63, 3.8) is 0 Å². The predicted molar refractivity (Wildman–Crippen MR) is 62.0 cm³/mol. The average molecular weight is 223 g/mol. The molecule has 1 heterocycles.